The van der Waals surface area contributed by atoms with Crippen molar-refractivity contribution in [3.8, 4) is 11.3 Å². The Morgan fingerprint density at radius 1 is 1.24 bits per heavy atom. The smallest absolute Gasteiger partial charge is 0.367 e. The van der Waals surface area contributed by atoms with Gasteiger partial charge in [-0.1, -0.05) is 24.3 Å². The highest BCUT2D eigenvalue weighted by Crippen LogP contribution is 2.36. The molecule has 0 radical (unpaired) electrons. The summed E-state index contributed by atoms with van der Waals surface area (Å²) in [5, 5.41) is 2.63. The Kier molecular flexibility index (Phi) is 5.59. The zero-order valence-electron chi connectivity index (χ0n) is 17.9. The predicted octanol–water partition coefficient (Wildman–Crippen LogP) is 5.14. The number of carbonyl (C=O) groups excluding carboxylic acids is 1. The normalized spacial score (nSPS) is 13.9. The molecule has 4 aromatic rings. The minimum atomic E-state index is -3.88. The van der Waals surface area contributed by atoms with Crippen molar-refractivity contribution in [1.82, 2.24) is 13.9 Å². The van der Waals surface area contributed by atoms with Gasteiger partial charge in [-0.25, -0.2) is 27.2 Å². The Labute approximate surface area is 195 Å². The molecule has 0 fully saturated rings. The average Bonchev–Trinajstić information content (AvgIpc) is 3.59. The fraction of sp³-hybridized carbons (Fsp3) is 0.208. The van der Waals surface area contributed by atoms with E-state index in [2.05, 4.69) is 16.0 Å². The Hall–Kier alpha value is -3.30. The summed E-state index contributed by atoms with van der Waals surface area (Å²) in [4.78, 5) is 21.3. The summed E-state index contributed by atoms with van der Waals surface area (Å²) < 4.78 is 33.2. The number of aromatic nitrogens is 3. The lowest BCUT2D eigenvalue weighted by atomic mass is 10.0. The van der Waals surface area contributed by atoms with E-state index in [1.165, 1.54) is 27.1 Å². The van der Waals surface area contributed by atoms with Gasteiger partial charge in [-0.2, -0.15) is 0 Å². The molecule has 0 spiro atoms. The van der Waals surface area contributed by atoms with Gasteiger partial charge in [0, 0.05) is 28.7 Å². The lowest BCUT2D eigenvalue weighted by Gasteiger charge is -2.07. The van der Waals surface area contributed by atoms with Gasteiger partial charge in [-0.15, -0.1) is 11.3 Å². The predicted molar refractivity (Wildman–Crippen MR) is 128 cm³/mol. The Balaban J connectivity index is 1.71. The van der Waals surface area contributed by atoms with Crippen LogP contribution in [0.2, 0.25) is 0 Å². The molecule has 5 rings (SSSR count). The molecule has 0 bridgehead atoms. The molecule has 0 amide bonds. The zero-order valence-corrected chi connectivity index (χ0v) is 19.5. The quantitative estimate of drug-likeness (QED) is 0.356. The molecule has 168 valence electrons. The van der Waals surface area contributed by atoms with Gasteiger partial charge >= 0.3 is 5.97 Å². The van der Waals surface area contributed by atoms with E-state index in [1.807, 2.05) is 6.07 Å². The maximum absolute atomic E-state index is 13.5. The van der Waals surface area contributed by atoms with Gasteiger partial charge in [0.25, 0.3) is 10.0 Å². The van der Waals surface area contributed by atoms with Crippen LogP contribution in [0.3, 0.4) is 0 Å². The first kappa shape index (κ1) is 21.5. The molecular formula is C24H21N3O4S2. The SMILES string of the molecule is CCOC(=O)c1nc(-c2cn(S(=O)(=O)c3ccccc3)c3ncc(C4=CCCC4)cc23)cs1. The van der Waals surface area contributed by atoms with Crippen molar-refractivity contribution in [2.45, 2.75) is 31.1 Å². The molecule has 1 aliphatic rings. The van der Waals surface area contributed by atoms with Crippen LogP contribution in [0, 0.1) is 0 Å². The first-order valence-corrected chi connectivity index (χ1v) is 12.9. The number of thiazole rings is 1. The van der Waals surface area contributed by atoms with Crippen molar-refractivity contribution in [2.75, 3.05) is 6.61 Å². The van der Waals surface area contributed by atoms with Crippen molar-refractivity contribution < 1.29 is 17.9 Å². The molecule has 1 aliphatic carbocycles. The molecule has 0 aliphatic heterocycles. The summed E-state index contributed by atoms with van der Waals surface area (Å²) in [7, 11) is -3.88. The number of hydrogen-bond donors (Lipinski definition) is 0. The summed E-state index contributed by atoms with van der Waals surface area (Å²) in [6, 6.07) is 10.2. The number of allylic oxidation sites excluding steroid dienone is 2. The fourth-order valence-corrected chi connectivity index (χ4v) is 6.02. The largest absolute Gasteiger partial charge is 0.461 e. The monoisotopic (exact) mass is 479 g/mol. The van der Waals surface area contributed by atoms with Crippen molar-refractivity contribution in [1.29, 1.82) is 0 Å². The van der Waals surface area contributed by atoms with E-state index < -0.39 is 16.0 Å². The summed E-state index contributed by atoms with van der Waals surface area (Å²) in [6.45, 7) is 1.99. The Morgan fingerprint density at radius 3 is 2.79 bits per heavy atom. The number of esters is 1. The second kappa shape index (κ2) is 8.57. The van der Waals surface area contributed by atoms with E-state index in [4.69, 9.17) is 4.74 Å². The lowest BCUT2D eigenvalue weighted by molar-refractivity contribution is 0.0526. The first-order chi connectivity index (χ1) is 16.0. The van der Waals surface area contributed by atoms with Crippen molar-refractivity contribution >= 4 is 43.9 Å². The fourth-order valence-electron chi connectivity index (χ4n) is 3.97. The Bertz CT molecular complexity index is 1480. The molecule has 0 N–H and O–H groups in total. The van der Waals surface area contributed by atoms with Crippen LogP contribution in [0.25, 0.3) is 27.9 Å². The van der Waals surface area contributed by atoms with Crippen LogP contribution in [0.15, 0.2) is 65.1 Å². The molecule has 3 heterocycles. The lowest BCUT2D eigenvalue weighted by Crippen LogP contribution is -2.12. The van der Waals surface area contributed by atoms with Crippen LogP contribution in [0.4, 0.5) is 0 Å². The molecular weight excluding hydrogens is 458 g/mol. The summed E-state index contributed by atoms with van der Waals surface area (Å²) >= 11 is 1.17. The topological polar surface area (TPSA) is 91.1 Å². The summed E-state index contributed by atoms with van der Waals surface area (Å²) in [6.07, 6.45) is 8.55. The van der Waals surface area contributed by atoms with Crippen LogP contribution >= 0.6 is 11.3 Å². The minimum absolute atomic E-state index is 0.170. The third-order valence-corrected chi connectivity index (χ3v) is 8.04. The molecule has 9 heteroatoms. The third kappa shape index (κ3) is 3.87. The molecule has 1 aromatic carbocycles. The summed E-state index contributed by atoms with van der Waals surface area (Å²) in [5.41, 5.74) is 3.61. The number of fused-ring (bicyclic) bond motifs is 1. The summed E-state index contributed by atoms with van der Waals surface area (Å²) in [5.74, 6) is -0.496. The molecule has 0 unspecified atom stereocenters. The molecule has 3 aromatic heterocycles. The average molecular weight is 480 g/mol. The number of nitrogens with zero attached hydrogens (tertiary/aromatic N) is 3. The number of benzene rings is 1. The van der Waals surface area contributed by atoms with E-state index in [0.29, 0.717) is 22.3 Å². The third-order valence-electron chi connectivity index (χ3n) is 5.55. The standard InChI is InChI=1S/C24H21N3O4S2/c1-2-31-24(28)23-26-21(15-32-23)20-14-27(33(29,30)18-10-4-3-5-11-18)22-19(20)12-17(13-25-22)16-8-6-7-9-16/h3-5,8,10-15H,2,6-7,9H2,1H3. The first-order valence-electron chi connectivity index (χ1n) is 10.6. The highest BCUT2D eigenvalue weighted by molar-refractivity contribution is 7.90. The molecule has 0 saturated carbocycles. The molecule has 0 saturated heterocycles. The second-order valence-electron chi connectivity index (χ2n) is 7.63. The Morgan fingerprint density at radius 2 is 2.06 bits per heavy atom. The van der Waals surface area contributed by atoms with Gasteiger partial charge in [0.15, 0.2) is 5.65 Å². The van der Waals surface area contributed by atoms with Gasteiger partial charge in [0.2, 0.25) is 5.01 Å². The van der Waals surface area contributed by atoms with Crippen LogP contribution in [0.5, 0.6) is 0 Å². The molecule has 7 nitrogen and oxygen atoms in total. The van der Waals surface area contributed by atoms with E-state index in [-0.39, 0.29) is 16.5 Å². The molecule has 33 heavy (non-hydrogen) atoms. The van der Waals surface area contributed by atoms with E-state index in [0.717, 1.165) is 24.8 Å². The van der Waals surface area contributed by atoms with E-state index in [1.54, 1.807) is 48.8 Å². The number of pyridine rings is 1. The van der Waals surface area contributed by atoms with Crippen LogP contribution in [0.1, 0.15) is 41.6 Å². The minimum Gasteiger partial charge on any atom is -0.461 e. The highest BCUT2D eigenvalue weighted by Gasteiger charge is 2.25. The highest BCUT2D eigenvalue weighted by atomic mass is 32.2. The van der Waals surface area contributed by atoms with Gasteiger partial charge < -0.3 is 4.74 Å². The van der Waals surface area contributed by atoms with E-state index >= 15 is 0 Å². The maximum atomic E-state index is 13.5. The van der Waals surface area contributed by atoms with Gasteiger partial charge in [-0.05, 0) is 55.5 Å². The number of carbonyl (C=O) groups is 1. The van der Waals surface area contributed by atoms with Gasteiger partial charge in [0.1, 0.15) is 0 Å². The second-order valence-corrected chi connectivity index (χ2v) is 10.3. The van der Waals surface area contributed by atoms with Crippen molar-refractivity contribution in [3.63, 3.8) is 0 Å². The maximum Gasteiger partial charge on any atom is 0.367 e. The van der Waals surface area contributed by atoms with Crippen molar-refractivity contribution in [3.05, 3.63) is 70.8 Å². The van der Waals surface area contributed by atoms with Crippen molar-refractivity contribution in [2.24, 2.45) is 0 Å². The van der Waals surface area contributed by atoms with Crippen LogP contribution in [-0.2, 0) is 14.8 Å². The van der Waals surface area contributed by atoms with E-state index in [9.17, 15) is 13.2 Å². The number of ether oxygens (including phenoxy) is 1. The zero-order chi connectivity index (χ0) is 23.0. The van der Waals surface area contributed by atoms with Gasteiger partial charge in [-0.3, -0.25) is 0 Å². The van der Waals surface area contributed by atoms with Crippen LogP contribution < -0.4 is 0 Å². The number of rotatable bonds is 6. The van der Waals surface area contributed by atoms with Crippen LogP contribution in [-0.4, -0.2) is 34.9 Å². The number of hydrogen-bond acceptors (Lipinski definition) is 7. The molecule has 0 atom stereocenters. The van der Waals surface area contributed by atoms with Gasteiger partial charge in [0.05, 0.1) is 17.2 Å².